The summed E-state index contributed by atoms with van der Waals surface area (Å²) in [4.78, 5) is 0. The quantitative estimate of drug-likeness (QED) is 0.292. The zero-order valence-electron chi connectivity index (χ0n) is 13.4. The van der Waals surface area contributed by atoms with E-state index in [0.717, 1.165) is 16.9 Å². The van der Waals surface area contributed by atoms with Gasteiger partial charge in [-0.2, -0.15) is 5.10 Å². The summed E-state index contributed by atoms with van der Waals surface area (Å²) in [7, 11) is 0. The molecule has 24 heavy (non-hydrogen) atoms. The van der Waals surface area contributed by atoms with Crippen LogP contribution in [-0.2, 0) is 0 Å². The lowest BCUT2D eigenvalue weighted by Gasteiger charge is -2.03. The smallest absolute Gasteiger partial charge is 0.201 e. The topological polar surface area (TPSA) is 49.1 Å². The van der Waals surface area contributed by atoms with Gasteiger partial charge in [-0.25, -0.2) is 0 Å². The van der Waals surface area contributed by atoms with Gasteiger partial charge in [0.25, 0.3) is 0 Å². The lowest BCUT2D eigenvalue weighted by Crippen LogP contribution is -2.00. The number of azo groups is 1. The first-order chi connectivity index (χ1) is 11.8. The Labute approximate surface area is 141 Å². The minimum Gasteiger partial charge on any atom is -0.276 e. The Balaban J connectivity index is 1.86. The Morgan fingerprint density at radius 2 is 1.38 bits per heavy atom. The maximum atomic E-state index is 4.40. The number of amidine groups is 1. The van der Waals surface area contributed by atoms with Crippen molar-refractivity contribution in [3.05, 3.63) is 96.1 Å². The summed E-state index contributed by atoms with van der Waals surface area (Å²) in [6.45, 7) is 2.04. The summed E-state index contributed by atoms with van der Waals surface area (Å²) >= 11 is 0. The molecule has 0 aliphatic heterocycles. The van der Waals surface area contributed by atoms with Gasteiger partial charge in [0, 0.05) is 5.56 Å². The van der Waals surface area contributed by atoms with Crippen molar-refractivity contribution in [2.75, 3.05) is 5.43 Å². The van der Waals surface area contributed by atoms with Crippen molar-refractivity contribution in [1.82, 2.24) is 0 Å². The van der Waals surface area contributed by atoms with E-state index in [-0.39, 0.29) is 0 Å². The van der Waals surface area contributed by atoms with E-state index in [1.807, 2.05) is 91.9 Å². The molecule has 1 N–H and O–H groups in total. The maximum absolute atomic E-state index is 4.40. The molecule has 0 radical (unpaired) electrons. The number of rotatable bonds is 4. The van der Waals surface area contributed by atoms with Crippen LogP contribution in [0.3, 0.4) is 0 Å². The second-order valence-corrected chi connectivity index (χ2v) is 5.31. The first kappa shape index (κ1) is 15.6. The Bertz CT molecular complexity index is 823. The van der Waals surface area contributed by atoms with Gasteiger partial charge < -0.3 is 0 Å². The van der Waals surface area contributed by atoms with Crippen LogP contribution in [-0.4, -0.2) is 5.84 Å². The van der Waals surface area contributed by atoms with Crippen molar-refractivity contribution >= 4 is 17.2 Å². The normalized spacial score (nSPS) is 11.6. The standard InChI is InChI=1S/C20H18N4/c1-16-12-14-19(15-13-16)22-24-20(17-8-4-2-5-9-17)23-21-18-10-6-3-7-11-18/h2-15,21H,1H3/b23-20+,24-22?. The number of nitrogens with one attached hydrogen (secondary N) is 1. The second-order valence-electron chi connectivity index (χ2n) is 5.31. The van der Waals surface area contributed by atoms with E-state index in [1.54, 1.807) is 0 Å². The molecule has 0 atom stereocenters. The average Bonchev–Trinajstić information content (AvgIpc) is 2.65. The fraction of sp³-hybridized carbons (Fsp3) is 0.0500. The molecule has 4 heteroatoms. The summed E-state index contributed by atoms with van der Waals surface area (Å²) in [6.07, 6.45) is 0. The molecule has 3 aromatic rings. The largest absolute Gasteiger partial charge is 0.276 e. The molecule has 0 fully saturated rings. The minimum atomic E-state index is 0.528. The highest BCUT2D eigenvalue weighted by Gasteiger charge is 2.02. The number of anilines is 1. The summed E-state index contributed by atoms with van der Waals surface area (Å²) in [5.41, 5.74) is 6.81. The third kappa shape index (κ3) is 4.36. The molecule has 0 bridgehead atoms. The van der Waals surface area contributed by atoms with Gasteiger partial charge in [0.2, 0.25) is 5.84 Å². The molecule has 0 aliphatic rings. The second kappa shape index (κ2) is 7.83. The van der Waals surface area contributed by atoms with Gasteiger partial charge >= 0.3 is 0 Å². The fourth-order valence-electron chi connectivity index (χ4n) is 2.08. The number of benzene rings is 3. The van der Waals surface area contributed by atoms with Crippen LogP contribution in [0.25, 0.3) is 0 Å². The van der Waals surface area contributed by atoms with Crippen LogP contribution < -0.4 is 5.43 Å². The zero-order chi connectivity index (χ0) is 16.6. The van der Waals surface area contributed by atoms with Crippen LogP contribution in [0.1, 0.15) is 11.1 Å². The Morgan fingerprint density at radius 1 is 0.750 bits per heavy atom. The highest BCUT2D eigenvalue weighted by Crippen LogP contribution is 2.15. The van der Waals surface area contributed by atoms with Crippen LogP contribution in [0.2, 0.25) is 0 Å². The van der Waals surface area contributed by atoms with Gasteiger partial charge in [-0.1, -0.05) is 66.2 Å². The maximum Gasteiger partial charge on any atom is 0.201 e. The highest BCUT2D eigenvalue weighted by molar-refractivity contribution is 5.99. The predicted octanol–water partition coefficient (Wildman–Crippen LogP) is 5.55. The van der Waals surface area contributed by atoms with Crippen molar-refractivity contribution in [2.24, 2.45) is 15.3 Å². The van der Waals surface area contributed by atoms with Gasteiger partial charge in [0.1, 0.15) is 0 Å². The molecule has 0 amide bonds. The molecule has 0 saturated heterocycles. The van der Waals surface area contributed by atoms with E-state index in [0.29, 0.717) is 5.84 Å². The zero-order valence-corrected chi connectivity index (χ0v) is 13.4. The van der Waals surface area contributed by atoms with Gasteiger partial charge in [0.15, 0.2) is 0 Å². The summed E-state index contributed by atoms with van der Waals surface area (Å²) in [5, 5.41) is 13.0. The van der Waals surface area contributed by atoms with Gasteiger partial charge in [-0.15, -0.1) is 10.2 Å². The molecule has 0 spiro atoms. The van der Waals surface area contributed by atoms with Gasteiger partial charge in [0.05, 0.1) is 11.4 Å². The summed E-state index contributed by atoms with van der Waals surface area (Å²) in [6, 6.07) is 27.4. The van der Waals surface area contributed by atoms with Gasteiger partial charge in [-0.05, 0) is 31.2 Å². The van der Waals surface area contributed by atoms with Crippen LogP contribution in [0.15, 0.2) is 100 Å². The van der Waals surface area contributed by atoms with E-state index in [9.17, 15) is 0 Å². The van der Waals surface area contributed by atoms with Gasteiger partial charge in [-0.3, -0.25) is 5.43 Å². The Kier molecular flexibility index (Phi) is 5.10. The third-order valence-electron chi connectivity index (χ3n) is 3.39. The molecule has 0 heterocycles. The van der Waals surface area contributed by atoms with Crippen LogP contribution in [0.5, 0.6) is 0 Å². The molecule has 3 aromatic carbocycles. The predicted molar refractivity (Wildman–Crippen MR) is 98.7 cm³/mol. The Morgan fingerprint density at radius 3 is 2.04 bits per heavy atom. The molecule has 0 aromatic heterocycles. The SMILES string of the molecule is Cc1ccc(N=N/C(=N/Nc2ccccc2)c2ccccc2)cc1. The van der Waals surface area contributed by atoms with E-state index >= 15 is 0 Å². The first-order valence-electron chi connectivity index (χ1n) is 7.74. The molecule has 0 saturated carbocycles. The number of aryl methyl sites for hydroxylation is 1. The molecular weight excluding hydrogens is 296 g/mol. The van der Waals surface area contributed by atoms with Crippen LogP contribution in [0.4, 0.5) is 11.4 Å². The molecular formula is C20H18N4. The number of nitrogens with zero attached hydrogens (tertiary/aromatic N) is 3. The van der Waals surface area contributed by atoms with Crippen LogP contribution >= 0.6 is 0 Å². The van der Waals surface area contributed by atoms with E-state index in [2.05, 4.69) is 20.8 Å². The monoisotopic (exact) mass is 314 g/mol. The van der Waals surface area contributed by atoms with E-state index in [1.165, 1.54) is 5.56 Å². The van der Waals surface area contributed by atoms with Crippen molar-refractivity contribution in [2.45, 2.75) is 6.92 Å². The average molecular weight is 314 g/mol. The number of hydrogen-bond acceptors (Lipinski definition) is 3. The van der Waals surface area contributed by atoms with E-state index < -0.39 is 0 Å². The molecule has 118 valence electrons. The number of para-hydroxylation sites is 1. The molecule has 0 unspecified atom stereocenters. The van der Waals surface area contributed by atoms with Crippen molar-refractivity contribution in [3.63, 3.8) is 0 Å². The minimum absolute atomic E-state index is 0.528. The van der Waals surface area contributed by atoms with Crippen molar-refractivity contribution in [1.29, 1.82) is 0 Å². The Hall–Kier alpha value is -3.27. The summed E-state index contributed by atoms with van der Waals surface area (Å²) < 4.78 is 0. The lowest BCUT2D eigenvalue weighted by molar-refractivity contribution is 1.22. The lowest BCUT2D eigenvalue weighted by atomic mass is 10.2. The molecule has 0 aliphatic carbocycles. The highest BCUT2D eigenvalue weighted by atomic mass is 15.3. The summed E-state index contributed by atoms with van der Waals surface area (Å²) in [5.74, 6) is 0.528. The van der Waals surface area contributed by atoms with Crippen LogP contribution in [0, 0.1) is 6.92 Å². The third-order valence-corrected chi connectivity index (χ3v) is 3.39. The number of hydrazone groups is 1. The van der Waals surface area contributed by atoms with Crippen molar-refractivity contribution < 1.29 is 0 Å². The first-order valence-corrected chi connectivity index (χ1v) is 7.74. The molecule has 3 rings (SSSR count). The number of hydrogen-bond donors (Lipinski definition) is 1. The molecule has 4 nitrogen and oxygen atoms in total. The fourth-order valence-corrected chi connectivity index (χ4v) is 2.08. The van der Waals surface area contributed by atoms with E-state index in [4.69, 9.17) is 0 Å². The van der Waals surface area contributed by atoms with Crippen molar-refractivity contribution in [3.8, 4) is 0 Å².